The Hall–Kier alpha value is -1.16. The second kappa shape index (κ2) is 6.55. The Balaban J connectivity index is 2.46. The number of ether oxygens (including phenoxy) is 1. The van der Waals surface area contributed by atoms with E-state index in [-0.39, 0.29) is 5.97 Å². The van der Waals surface area contributed by atoms with Gasteiger partial charge in [0.15, 0.2) is 0 Å². The molecule has 0 unspecified atom stereocenters. The van der Waals surface area contributed by atoms with E-state index in [1.54, 1.807) is 11.8 Å². The van der Waals surface area contributed by atoms with Gasteiger partial charge in [-0.25, -0.2) is 0 Å². The molecule has 0 atom stereocenters. The maximum Gasteiger partial charge on any atom is 0.302 e. The highest BCUT2D eigenvalue weighted by molar-refractivity contribution is 7.98. The molecule has 1 aromatic rings. The number of phenols is 1. The first-order valence-corrected chi connectivity index (χ1v) is 6.67. The molecule has 4 heteroatoms. The van der Waals surface area contributed by atoms with Crippen LogP contribution in [-0.2, 0) is 15.3 Å². The number of benzene rings is 1. The number of hydrogen-bond donors (Lipinski definition) is 1. The second-order valence-corrected chi connectivity index (χ2v) is 5.02. The van der Waals surface area contributed by atoms with Gasteiger partial charge in [-0.15, -0.1) is 0 Å². The maximum absolute atomic E-state index is 10.6. The van der Waals surface area contributed by atoms with Crippen LogP contribution in [0.3, 0.4) is 0 Å². The van der Waals surface area contributed by atoms with Gasteiger partial charge >= 0.3 is 5.97 Å². The smallest absolute Gasteiger partial charge is 0.302 e. The monoisotopic (exact) mass is 254 g/mol. The zero-order chi connectivity index (χ0) is 12.8. The first-order chi connectivity index (χ1) is 8.02. The van der Waals surface area contributed by atoms with Crippen LogP contribution in [-0.4, -0.2) is 23.4 Å². The molecule has 94 valence electrons. The molecular formula is C13H18O3S. The largest absolute Gasteiger partial charge is 0.507 e. The molecule has 0 spiro atoms. The number of aryl methyl sites for hydroxylation is 2. The van der Waals surface area contributed by atoms with Crippen molar-refractivity contribution in [3.05, 3.63) is 28.8 Å². The first-order valence-electron chi connectivity index (χ1n) is 5.51. The minimum atomic E-state index is -0.250. The van der Waals surface area contributed by atoms with Gasteiger partial charge in [-0.1, -0.05) is 12.1 Å². The van der Waals surface area contributed by atoms with E-state index >= 15 is 0 Å². The summed E-state index contributed by atoms with van der Waals surface area (Å²) in [6, 6.07) is 3.93. The van der Waals surface area contributed by atoms with Crippen LogP contribution >= 0.6 is 11.8 Å². The lowest BCUT2D eigenvalue weighted by Gasteiger charge is -2.10. The molecule has 0 aliphatic carbocycles. The molecule has 0 bridgehead atoms. The van der Waals surface area contributed by atoms with Gasteiger partial charge in [-0.05, 0) is 25.0 Å². The lowest BCUT2D eigenvalue weighted by molar-refractivity contribution is -0.140. The lowest BCUT2D eigenvalue weighted by atomic mass is 10.1. The number of rotatable bonds is 5. The topological polar surface area (TPSA) is 46.5 Å². The summed E-state index contributed by atoms with van der Waals surface area (Å²) >= 11 is 1.65. The molecule has 0 heterocycles. The van der Waals surface area contributed by atoms with Crippen LogP contribution in [0.15, 0.2) is 12.1 Å². The number of carbonyl (C=O) groups is 1. The van der Waals surface area contributed by atoms with Crippen molar-refractivity contribution in [2.45, 2.75) is 26.5 Å². The van der Waals surface area contributed by atoms with Crippen molar-refractivity contribution in [1.29, 1.82) is 0 Å². The summed E-state index contributed by atoms with van der Waals surface area (Å²) in [6.07, 6.45) is 0. The molecule has 0 saturated carbocycles. The van der Waals surface area contributed by atoms with E-state index in [1.807, 2.05) is 26.0 Å². The normalized spacial score (nSPS) is 10.3. The fourth-order valence-corrected chi connectivity index (χ4v) is 2.37. The molecule has 1 aromatic carbocycles. The fraction of sp³-hybridized carbons (Fsp3) is 0.462. The van der Waals surface area contributed by atoms with Crippen molar-refractivity contribution in [3.63, 3.8) is 0 Å². The molecule has 0 radical (unpaired) electrons. The van der Waals surface area contributed by atoms with E-state index in [2.05, 4.69) is 0 Å². The Bertz CT molecular complexity index is 402. The van der Waals surface area contributed by atoms with Gasteiger partial charge < -0.3 is 9.84 Å². The summed E-state index contributed by atoms with van der Waals surface area (Å²) in [5.74, 6) is 1.61. The Labute approximate surface area is 106 Å². The van der Waals surface area contributed by atoms with Gasteiger partial charge in [-0.2, -0.15) is 11.8 Å². The van der Waals surface area contributed by atoms with Crippen LogP contribution in [0.25, 0.3) is 0 Å². The summed E-state index contributed by atoms with van der Waals surface area (Å²) in [5.41, 5.74) is 2.96. The third kappa shape index (κ3) is 4.30. The van der Waals surface area contributed by atoms with Crippen molar-refractivity contribution in [1.82, 2.24) is 0 Å². The second-order valence-electron chi connectivity index (χ2n) is 3.92. The standard InChI is InChI=1S/C13H18O3S/c1-9-4-5-10(2)13(15)12(9)8-17-7-6-16-11(3)14/h4-5,15H,6-8H2,1-3H3. The predicted octanol–water partition coefficient (Wildman–Crippen LogP) is 2.81. The number of hydrogen-bond acceptors (Lipinski definition) is 4. The highest BCUT2D eigenvalue weighted by atomic mass is 32.2. The molecule has 3 nitrogen and oxygen atoms in total. The highest BCUT2D eigenvalue weighted by Crippen LogP contribution is 2.28. The summed E-state index contributed by atoms with van der Waals surface area (Å²) in [5, 5.41) is 9.92. The molecule has 17 heavy (non-hydrogen) atoms. The molecule has 0 amide bonds. The lowest BCUT2D eigenvalue weighted by Crippen LogP contribution is -2.02. The molecule has 0 saturated heterocycles. The van der Waals surface area contributed by atoms with Gasteiger partial charge in [0, 0.05) is 24.0 Å². The molecule has 0 aliphatic rings. The summed E-state index contributed by atoms with van der Waals surface area (Å²) in [6.45, 7) is 5.70. The quantitative estimate of drug-likeness (QED) is 0.648. The number of phenolic OH excluding ortho intramolecular Hbond substituents is 1. The van der Waals surface area contributed by atoms with Gasteiger partial charge in [0.05, 0.1) is 0 Å². The van der Waals surface area contributed by atoms with Crippen molar-refractivity contribution >= 4 is 17.7 Å². The zero-order valence-electron chi connectivity index (χ0n) is 10.4. The predicted molar refractivity (Wildman–Crippen MR) is 70.4 cm³/mol. The van der Waals surface area contributed by atoms with E-state index in [0.29, 0.717) is 12.4 Å². The van der Waals surface area contributed by atoms with Crippen LogP contribution in [0, 0.1) is 13.8 Å². The summed E-state index contributed by atoms with van der Waals surface area (Å²) in [7, 11) is 0. The highest BCUT2D eigenvalue weighted by Gasteiger charge is 2.07. The van der Waals surface area contributed by atoms with Crippen molar-refractivity contribution in [2.24, 2.45) is 0 Å². The Kier molecular flexibility index (Phi) is 5.35. The fourth-order valence-electron chi connectivity index (χ4n) is 1.46. The van der Waals surface area contributed by atoms with Gasteiger partial charge in [0.2, 0.25) is 0 Å². The van der Waals surface area contributed by atoms with Crippen molar-refractivity contribution in [3.8, 4) is 5.75 Å². The number of aromatic hydroxyl groups is 1. The average molecular weight is 254 g/mol. The Morgan fingerprint density at radius 1 is 1.35 bits per heavy atom. The minimum absolute atomic E-state index is 0.250. The van der Waals surface area contributed by atoms with E-state index in [1.165, 1.54) is 6.92 Å². The summed E-state index contributed by atoms with van der Waals surface area (Å²) in [4.78, 5) is 10.6. The molecular weight excluding hydrogens is 236 g/mol. The molecule has 1 N–H and O–H groups in total. The Morgan fingerprint density at radius 3 is 2.65 bits per heavy atom. The molecule has 1 rings (SSSR count). The van der Waals surface area contributed by atoms with Crippen molar-refractivity contribution < 1.29 is 14.6 Å². The van der Waals surface area contributed by atoms with Crippen LogP contribution in [0.5, 0.6) is 5.75 Å². The average Bonchev–Trinajstić information content (AvgIpc) is 2.27. The zero-order valence-corrected chi connectivity index (χ0v) is 11.3. The van der Waals surface area contributed by atoms with Crippen molar-refractivity contribution in [2.75, 3.05) is 12.4 Å². The van der Waals surface area contributed by atoms with Gasteiger partial charge in [0.25, 0.3) is 0 Å². The van der Waals surface area contributed by atoms with Crippen LogP contribution < -0.4 is 0 Å². The first kappa shape index (κ1) is 13.9. The van der Waals surface area contributed by atoms with Gasteiger partial charge in [-0.3, -0.25) is 4.79 Å². The SMILES string of the molecule is CC(=O)OCCSCc1c(C)ccc(C)c1O. The number of esters is 1. The third-order valence-electron chi connectivity index (χ3n) is 2.50. The Morgan fingerprint density at radius 2 is 2.00 bits per heavy atom. The van der Waals surface area contributed by atoms with E-state index < -0.39 is 0 Å². The van der Waals surface area contributed by atoms with Crippen LogP contribution in [0.1, 0.15) is 23.6 Å². The van der Waals surface area contributed by atoms with Crippen LogP contribution in [0.2, 0.25) is 0 Å². The molecule has 0 aromatic heterocycles. The number of thioether (sulfide) groups is 1. The third-order valence-corrected chi connectivity index (χ3v) is 3.45. The summed E-state index contributed by atoms with van der Waals surface area (Å²) < 4.78 is 4.84. The van der Waals surface area contributed by atoms with Crippen LogP contribution in [0.4, 0.5) is 0 Å². The molecule has 0 fully saturated rings. The van der Waals surface area contributed by atoms with E-state index in [9.17, 15) is 9.90 Å². The van der Waals surface area contributed by atoms with E-state index in [4.69, 9.17) is 4.74 Å². The number of carbonyl (C=O) groups excluding carboxylic acids is 1. The van der Waals surface area contributed by atoms with Gasteiger partial charge in [0.1, 0.15) is 12.4 Å². The maximum atomic E-state index is 10.6. The molecule has 0 aliphatic heterocycles. The minimum Gasteiger partial charge on any atom is -0.507 e. The van der Waals surface area contributed by atoms with E-state index in [0.717, 1.165) is 28.2 Å².